The number of aryl methyl sites for hydroxylation is 2. The molecule has 0 atom stereocenters. The van der Waals surface area contributed by atoms with Gasteiger partial charge in [0.25, 0.3) is 0 Å². The molecule has 4 aliphatic heterocycles. The van der Waals surface area contributed by atoms with Crippen molar-refractivity contribution in [3.8, 4) is 44.9 Å². The molecule has 0 bridgehead atoms. The highest BCUT2D eigenvalue weighted by molar-refractivity contribution is 7.24. The van der Waals surface area contributed by atoms with E-state index in [0.29, 0.717) is 0 Å². The zero-order valence-electron chi connectivity index (χ0n) is 35.8. The summed E-state index contributed by atoms with van der Waals surface area (Å²) in [6.45, 7) is 9.24. The SMILES string of the molecule is Cc1ccc2c(c1)C1(c3cc(C)ccc3O2)c2ccccc2N(c2ccc3c(c2)[Si]2(c4ccccc4-c4ccccc42)c2ccccc2-3)c2c1ccc1c2-c2ccccc2C1(C)C. The number of hydrogen-bond acceptors (Lipinski definition) is 2. The zero-order valence-corrected chi connectivity index (χ0v) is 36.8. The molecule has 4 heterocycles. The van der Waals surface area contributed by atoms with Gasteiger partial charge in [0, 0.05) is 27.8 Å². The van der Waals surface area contributed by atoms with Gasteiger partial charge in [-0.1, -0.05) is 183 Å². The van der Waals surface area contributed by atoms with Crippen molar-refractivity contribution in [2.24, 2.45) is 0 Å². The molecule has 2 spiro atoms. The summed E-state index contributed by atoms with van der Waals surface area (Å²) >= 11 is 0. The summed E-state index contributed by atoms with van der Waals surface area (Å²) in [7, 11) is -2.72. The number of fused-ring (bicyclic) bond motifs is 22. The normalized spacial score (nSPS) is 16.1. The van der Waals surface area contributed by atoms with Gasteiger partial charge in [-0.3, -0.25) is 0 Å². The number of rotatable bonds is 1. The first-order valence-electron chi connectivity index (χ1n) is 22.3. The van der Waals surface area contributed by atoms with E-state index < -0.39 is 13.5 Å². The van der Waals surface area contributed by atoms with Gasteiger partial charge in [0.2, 0.25) is 0 Å². The average Bonchev–Trinajstić information content (AvgIpc) is 3.87. The van der Waals surface area contributed by atoms with Crippen LogP contribution >= 0.6 is 0 Å². The number of hydrogen-bond donors (Lipinski definition) is 0. The molecule has 3 heteroatoms. The van der Waals surface area contributed by atoms with Gasteiger partial charge in [0.1, 0.15) is 11.5 Å². The molecule has 0 saturated carbocycles. The fourth-order valence-corrected chi connectivity index (χ4v) is 18.6. The Hall–Kier alpha value is -7.20. The standard InChI is InChI=1S/C60H43NOSi/c1-36-25-31-51-48(33-36)60(49-34-37(2)26-32-52(49)62-51)45-20-10-11-21-50(45)61(58-47(60)30-29-46-57(58)43-18-5-9-19-44(43)59(46,3)4)38-27-28-42-41-17-8-14-24-55(41)63(56(42)35-38)53-22-12-6-15-39(53)40-16-7-13-23-54(40)63/h5-35H,1-4H3. The molecule has 63 heavy (non-hydrogen) atoms. The quantitative estimate of drug-likeness (QED) is 0.153. The van der Waals surface area contributed by atoms with Crippen molar-refractivity contribution in [3.63, 3.8) is 0 Å². The first-order chi connectivity index (χ1) is 30.8. The maximum atomic E-state index is 6.92. The van der Waals surface area contributed by atoms with Crippen LogP contribution in [0.25, 0.3) is 33.4 Å². The van der Waals surface area contributed by atoms with Crippen LogP contribution in [0.4, 0.5) is 17.1 Å². The van der Waals surface area contributed by atoms with Crippen LogP contribution in [0.1, 0.15) is 58.4 Å². The highest BCUT2D eigenvalue weighted by Gasteiger charge is 2.56. The van der Waals surface area contributed by atoms with Crippen LogP contribution in [0.3, 0.4) is 0 Å². The van der Waals surface area contributed by atoms with Crippen LogP contribution in [0.15, 0.2) is 188 Å². The van der Waals surface area contributed by atoms with E-state index in [4.69, 9.17) is 4.74 Å². The zero-order chi connectivity index (χ0) is 42.0. The minimum atomic E-state index is -2.72. The van der Waals surface area contributed by atoms with Gasteiger partial charge in [0.15, 0.2) is 8.07 Å². The predicted octanol–water partition coefficient (Wildman–Crippen LogP) is 12.2. The first kappa shape index (κ1) is 35.4. The molecule has 0 amide bonds. The molecule has 5 aliphatic rings. The number of benzene rings is 9. The van der Waals surface area contributed by atoms with Gasteiger partial charge < -0.3 is 9.64 Å². The molecule has 14 rings (SSSR count). The molecule has 0 unspecified atom stereocenters. The van der Waals surface area contributed by atoms with Crippen LogP contribution in [-0.4, -0.2) is 8.07 Å². The van der Waals surface area contributed by atoms with Gasteiger partial charge in [0.05, 0.1) is 16.8 Å². The molecular formula is C60H43NOSi. The van der Waals surface area contributed by atoms with Crippen LogP contribution in [-0.2, 0) is 10.8 Å². The molecule has 0 radical (unpaired) electrons. The lowest BCUT2D eigenvalue weighted by Crippen LogP contribution is -2.70. The Morgan fingerprint density at radius 2 is 0.921 bits per heavy atom. The molecule has 0 fully saturated rings. The predicted molar refractivity (Wildman–Crippen MR) is 262 cm³/mol. The third-order valence-electron chi connectivity index (χ3n) is 15.4. The maximum Gasteiger partial charge on any atom is 0.182 e. The van der Waals surface area contributed by atoms with E-state index >= 15 is 0 Å². The highest BCUT2D eigenvalue weighted by Crippen LogP contribution is 2.66. The number of ether oxygens (including phenoxy) is 1. The van der Waals surface area contributed by atoms with Crippen molar-refractivity contribution in [1.29, 1.82) is 0 Å². The molecular weight excluding hydrogens is 779 g/mol. The third-order valence-corrected chi connectivity index (χ3v) is 20.4. The van der Waals surface area contributed by atoms with Crippen LogP contribution in [0.2, 0.25) is 0 Å². The molecule has 0 aromatic heterocycles. The largest absolute Gasteiger partial charge is 0.457 e. The third kappa shape index (κ3) is 4.15. The fourth-order valence-electron chi connectivity index (χ4n) is 12.9. The first-order valence-corrected chi connectivity index (χ1v) is 24.3. The topological polar surface area (TPSA) is 12.5 Å². The van der Waals surface area contributed by atoms with Crippen molar-refractivity contribution < 1.29 is 4.74 Å². The molecule has 9 aromatic rings. The molecule has 0 N–H and O–H groups in total. The summed E-state index contributed by atoms with van der Waals surface area (Å²) in [5, 5.41) is 5.95. The smallest absolute Gasteiger partial charge is 0.182 e. The Labute approximate surface area is 369 Å². The second kappa shape index (κ2) is 12.0. The van der Waals surface area contributed by atoms with Gasteiger partial charge in [-0.05, 0) is 115 Å². The van der Waals surface area contributed by atoms with Crippen molar-refractivity contribution in [1.82, 2.24) is 0 Å². The number of nitrogens with zero attached hydrogens (tertiary/aromatic N) is 1. The second-order valence-electron chi connectivity index (χ2n) is 18.9. The van der Waals surface area contributed by atoms with Crippen LogP contribution < -0.4 is 30.4 Å². The van der Waals surface area contributed by atoms with E-state index in [9.17, 15) is 0 Å². The Morgan fingerprint density at radius 1 is 0.413 bits per heavy atom. The molecule has 2 nitrogen and oxygen atoms in total. The number of para-hydroxylation sites is 1. The van der Waals surface area contributed by atoms with Crippen LogP contribution in [0.5, 0.6) is 11.5 Å². The summed E-state index contributed by atoms with van der Waals surface area (Å²) in [4.78, 5) is 2.66. The van der Waals surface area contributed by atoms with Gasteiger partial charge >= 0.3 is 0 Å². The molecule has 1 aliphatic carbocycles. The van der Waals surface area contributed by atoms with E-state index in [1.54, 1.807) is 0 Å². The number of anilines is 3. The summed E-state index contributed by atoms with van der Waals surface area (Å²) in [5.41, 5.74) is 21.0. The van der Waals surface area contributed by atoms with E-state index in [-0.39, 0.29) is 5.41 Å². The van der Waals surface area contributed by atoms with E-state index in [1.807, 2.05) is 0 Å². The van der Waals surface area contributed by atoms with Crippen molar-refractivity contribution in [2.75, 3.05) is 4.90 Å². The van der Waals surface area contributed by atoms with Crippen molar-refractivity contribution in [2.45, 2.75) is 38.5 Å². The lowest BCUT2D eigenvalue weighted by atomic mass is 9.60. The Kier molecular flexibility index (Phi) is 6.76. The Morgan fingerprint density at radius 3 is 1.54 bits per heavy atom. The minimum Gasteiger partial charge on any atom is -0.457 e. The summed E-state index contributed by atoms with van der Waals surface area (Å²) in [5.74, 6) is 1.82. The fraction of sp³-hybridized carbons (Fsp3) is 0.100. The van der Waals surface area contributed by atoms with Gasteiger partial charge in [-0.25, -0.2) is 0 Å². The molecule has 0 saturated heterocycles. The minimum absolute atomic E-state index is 0.191. The van der Waals surface area contributed by atoms with E-state index in [0.717, 1.165) is 11.5 Å². The van der Waals surface area contributed by atoms with E-state index in [2.05, 4.69) is 221 Å². The summed E-state index contributed by atoms with van der Waals surface area (Å²) < 4.78 is 6.92. The Bertz CT molecular complexity index is 3410. The van der Waals surface area contributed by atoms with Crippen molar-refractivity contribution in [3.05, 3.63) is 233 Å². The monoisotopic (exact) mass is 821 g/mol. The van der Waals surface area contributed by atoms with Crippen LogP contribution in [0, 0.1) is 13.8 Å². The lowest BCUT2D eigenvalue weighted by Gasteiger charge is -2.49. The maximum absolute atomic E-state index is 6.92. The van der Waals surface area contributed by atoms with Crippen molar-refractivity contribution >= 4 is 45.9 Å². The molecule has 298 valence electrons. The molecule has 9 aromatic carbocycles. The summed E-state index contributed by atoms with van der Waals surface area (Å²) in [6.07, 6.45) is 0. The average molecular weight is 822 g/mol. The Balaban J connectivity index is 1.14. The van der Waals surface area contributed by atoms with E-state index in [1.165, 1.54) is 116 Å². The second-order valence-corrected chi connectivity index (χ2v) is 22.5. The highest BCUT2D eigenvalue weighted by atomic mass is 28.3. The summed E-state index contributed by atoms with van der Waals surface area (Å²) in [6, 6.07) is 72.2. The van der Waals surface area contributed by atoms with Gasteiger partial charge in [-0.15, -0.1) is 0 Å². The lowest BCUT2D eigenvalue weighted by molar-refractivity contribution is 0.433. The van der Waals surface area contributed by atoms with Gasteiger partial charge in [-0.2, -0.15) is 0 Å².